The third-order valence-electron chi connectivity index (χ3n) is 3.15. The Morgan fingerprint density at radius 1 is 1.38 bits per heavy atom. The van der Waals surface area contributed by atoms with E-state index in [1.165, 1.54) is 25.7 Å². The second kappa shape index (κ2) is 4.15. The summed E-state index contributed by atoms with van der Waals surface area (Å²) in [6.45, 7) is 3.18. The van der Waals surface area contributed by atoms with Crippen LogP contribution in [0.5, 0.6) is 0 Å². The normalized spacial score (nSPS) is 17.1. The molecule has 0 unspecified atom stereocenters. The molecule has 1 fully saturated rings. The van der Waals surface area contributed by atoms with Crippen LogP contribution in [0.25, 0.3) is 0 Å². The lowest BCUT2D eigenvalue weighted by Crippen LogP contribution is -2.16. The lowest BCUT2D eigenvalue weighted by Gasteiger charge is -2.15. The van der Waals surface area contributed by atoms with Gasteiger partial charge in [-0.15, -0.1) is 0 Å². The molecule has 88 valence electrons. The Labute approximate surface area is 95.6 Å². The van der Waals surface area contributed by atoms with Crippen molar-refractivity contribution in [1.29, 1.82) is 0 Å². The highest BCUT2D eigenvalue weighted by Gasteiger charge is 2.41. The molecule has 1 heterocycles. The highest BCUT2D eigenvalue weighted by atomic mass is 15.1. The molecule has 5 N–H and O–H groups in total. The van der Waals surface area contributed by atoms with E-state index in [-0.39, 0.29) is 5.95 Å². The van der Waals surface area contributed by atoms with E-state index < -0.39 is 0 Å². The largest absolute Gasteiger partial charge is 0.383 e. The topological polar surface area (TPSA) is 89.8 Å². The van der Waals surface area contributed by atoms with E-state index in [9.17, 15) is 0 Å². The predicted octanol–water partition coefficient (Wildman–Crippen LogP) is 1.63. The van der Waals surface area contributed by atoms with Crippen molar-refractivity contribution in [3.63, 3.8) is 0 Å². The average Bonchev–Trinajstić information content (AvgIpc) is 2.95. The minimum Gasteiger partial charge on any atom is -0.383 e. The molecular formula is C11H19N5. The molecule has 5 nitrogen and oxygen atoms in total. The molecule has 0 aliphatic heterocycles. The molecule has 0 spiro atoms. The fourth-order valence-corrected chi connectivity index (χ4v) is 2.08. The Morgan fingerprint density at radius 3 is 2.69 bits per heavy atom. The van der Waals surface area contributed by atoms with Crippen LogP contribution in [0.4, 0.5) is 17.6 Å². The van der Waals surface area contributed by atoms with E-state index in [1.807, 2.05) is 0 Å². The number of hydrogen-bond acceptors (Lipinski definition) is 5. The van der Waals surface area contributed by atoms with E-state index in [4.69, 9.17) is 11.5 Å². The summed E-state index contributed by atoms with van der Waals surface area (Å²) >= 11 is 0. The number of nitrogens with two attached hydrogens (primary N) is 2. The van der Waals surface area contributed by atoms with Crippen molar-refractivity contribution >= 4 is 17.6 Å². The van der Waals surface area contributed by atoms with Crippen molar-refractivity contribution < 1.29 is 0 Å². The van der Waals surface area contributed by atoms with Crippen LogP contribution >= 0.6 is 0 Å². The maximum atomic E-state index is 5.60. The number of nitrogens with zero attached hydrogens (tertiary/aromatic N) is 2. The number of nitrogens with one attached hydrogen (secondary N) is 1. The summed E-state index contributed by atoms with van der Waals surface area (Å²) < 4.78 is 0. The summed E-state index contributed by atoms with van der Waals surface area (Å²) in [5.74, 6) is 1.37. The zero-order valence-corrected chi connectivity index (χ0v) is 9.66. The van der Waals surface area contributed by atoms with Crippen molar-refractivity contribution in [3.05, 3.63) is 6.07 Å². The maximum Gasteiger partial charge on any atom is 0.223 e. The summed E-state index contributed by atoms with van der Waals surface area (Å²) in [5.41, 5.74) is 11.6. The van der Waals surface area contributed by atoms with Crippen LogP contribution in [0.15, 0.2) is 6.07 Å². The summed E-state index contributed by atoms with van der Waals surface area (Å²) in [5, 5.41) is 3.30. The molecule has 0 saturated heterocycles. The highest BCUT2D eigenvalue weighted by Crippen LogP contribution is 2.49. The van der Waals surface area contributed by atoms with Gasteiger partial charge < -0.3 is 16.8 Å². The first-order chi connectivity index (χ1) is 7.63. The molecule has 0 bridgehead atoms. The molecule has 16 heavy (non-hydrogen) atoms. The number of nitrogen functional groups attached to an aromatic ring is 2. The smallest absolute Gasteiger partial charge is 0.223 e. The standard InChI is InChI=1S/C11H19N5/c1-2-3-11(4-5-11)7-14-9-6-8(12)15-10(13)16-9/h6H,2-5,7H2,1H3,(H5,12,13,14,15,16). The van der Waals surface area contributed by atoms with Gasteiger partial charge >= 0.3 is 0 Å². The Morgan fingerprint density at radius 2 is 2.12 bits per heavy atom. The Bertz CT molecular complexity index is 352. The van der Waals surface area contributed by atoms with Gasteiger partial charge in [-0.25, -0.2) is 0 Å². The second-order valence-corrected chi connectivity index (χ2v) is 4.64. The zero-order chi connectivity index (χ0) is 11.6. The van der Waals surface area contributed by atoms with Crippen LogP contribution < -0.4 is 16.8 Å². The Hall–Kier alpha value is -1.52. The van der Waals surface area contributed by atoms with Gasteiger partial charge in [0.15, 0.2) is 0 Å². The average molecular weight is 221 g/mol. The van der Waals surface area contributed by atoms with Crippen molar-refractivity contribution in [2.75, 3.05) is 23.3 Å². The maximum absolute atomic E-state index is 5.60. The van der Waals surface area contributed by atoms with E-state index in [1.54, 1.807) is 6.07 Å². The zero-order valence-electron chi connectivity index (χ0n) is 9.66. The van der Waals surface area contributed by atoms with Gasteiger partial charge in [0, 0.05) is 12.6 Å². The number of anilines is 3. The molecule has 2 rings (SSSR count). The van der Waals surface area contributed by atoms with E-state index in [0.717, 1.165) is 12.4 Å². The third-order valence-corrected chi connectivity index (χ3v) is 3.15. The number of hydrogen-bond donors (Lipinski definition) is 3. The van der Waals surface area contributed by atoms with Gasteiger partial charge in [0.1, 0.15) is 11.6 Å². The van der Waals surface area contributed by atoms with Crippen LogP contribution in [0.1, 0.15) is 32.6 Å². The molecule has 1 aliphatic rings. The summed E-state index contributed by atoms with van der Waals surface area (Å²) in [4.78, 5) is 7.94. The second-order valence-electron chi connectivity index (χ2n) is 4.64. The SMILES string of the molecule is CCCC1(CNc2cc(N)nc(N)n2)CC1. The lowest BCUT2D eigenvalue weighted by molar-refractivity contribution is 0.485. The molecule has 0 amide bonds. The molecule has 0 atom stereocenters. The predicted molar refractivity (Wildman–Crippen MR) is 65.9 cm³/mol. The van der Waals surface area contributed by atoms with Crippen molar-refractivity contribution in [2.24, 2.45) is 5.41 Å². The van der Waals surface area contributed by atoms with Crippen molar-refractivity contribution in [2.45, 2.75) is 32.6 Å². The molecule has 5 heteroatoms. The first kappa shape index (κ1) is 11.0. The molecule has 0 aromatic carbocycles. The molecule has 1 aromatic heterocycles. The van der Waals surface area contributed by atoms with Crippen LogP contribution in [0, 0.1) is 5.41 Å². The molecule has 1 saturated carbocycles. The van der Waals surface area contributed by atoms with Crippen molar-refractivity contribution in [1.82, 2.24) is 9.97 Å². The van der Waals surface area contributed by atoms with Crippen molar-refractivity contribution in [3.8, 4) is 0 Å². The van der Waals surface area contributed by atoms with E-state index >= 15 is 0 Å². The van der Waals surface area contributed by atoms with Gasteiger partial charge in [0.05, 0.1) is 0 Å². The summed E-state index contributed by atoms with van der Waals surface area (Å²) in [6, 6.07) is 1.72. The van der Waals surface area contributed by atoms with E-state index in [2.05, 4.69) is 22.2 Å². The minimum absolute atomic E-state index is 0.225. The fraction of sp³-hybridized carbons (Fsp3) is 0.636. The van der Waals surface area contributed by atoms with Crippen LogP contribution in [-0.4, -0.2) is 16.5 Å². The third kappa shape index (κ3) is 2.53. The monoisotopic (exact) mass is 221 g/mol. The molecule has 1 aromatic rings. The van der Waals surface area contributed by atoms with Gasteiger partial charge in [0.25, 0.3) is 0 Å². The first-order valence-electron chi connectivity index (χ1n) is 5.77. The summed E-state index contributed by atoms with van der Waals surface area (Å²) in [7, 11) is 0. The van der Waals surface area contributed by atoms with Crippen LogP contribution in [0.2, 0.25) is 0 Å². The van der Waals surface area contributed by atoms with Crippen LogP contribution in [0.3, 0.4) is 0 Å². The Kier molecular flexibility index (Phi) is 2.85. The minimum atomic E-state index is 0.225. The number of rotatable bonds is 5. The molecular weight excluding hydrogens is 202 g/mol. The summed E-state index contributed by atoms with van der Waals surface area (Å²) in [6.07, 6.45) is 5.12. The Balaban J connectivity index is 1.94. The lowest BCUT2D eigenvalue weighted by atomic mass is 10.0. The number of aromatic nitrogens is 2. The van der Waals surface area contributed by atoms with E-state index in [0.29, 0.717) is 11.2 Å². The van der Waals surface area contributed by atoms with Gasteiger partial charge in [-0.05, 0) is 24.7 Å². The van der Waals surface area contributed by atoms with Crippen LogP contribution in [-0.2, 0) is 0 Å². The van der Waals surface area contributed by atoms with Gasteiger partial charge in [0.2, 0.25) is 5.95 Å². The molecule has 0 radical (unpaired) electrons. The first-order valence-corrected chi connectivity index (χ1v) is 5.77. The highest BCUT2D eigenvalue weighted by molar-refractivity contribution is 5.48. The molecule has 1 aliphatic carbocycles. The van der Waals surface area contributed by atoms with Gasteiger partial charge in [-0.3, -0.25) is 0 Å². The van der Waals surface area contributed by atoms with Gasteiger partial charge in [-0.1, -0.05) is 13.3 Å². The van der Waals surface area contributed by atoms with Gasteiger partial charge in [-0.2, -0.15) is 9.97 Å². The fourth-order valence-electron chi connectivity index (χ4n) is 2.08. The quantitative estimate of drug-likeness (QED) is 0.703.